The first-order chi connectivity index (χ1) is 16.0. The van der Waals surface area contributed by atoms with Gasteiger partial charge in [-0.05, 0) is 36.4 Å². The average Bonchev–Trinajstić information content (AvgIpc) is 3.19. The lowest BCUT2D eigenvalue weighted by Gasteiger charge is -2.18. The third-order valence-electron chi connectivity index (χ3n) is 5.07. The summed E-state index contributed by atoms with van der Waals surface area (Å²) in [5.41, 5.74) is 5.11. The molecule has 4 aromatic rings. The second-order valence-electron chi connectivity index (χ2n) is 7.41. The number of fused-ring (bicyclic) bond motifs is 1. The number of hydrogen-bond acceptors (Lipinski definition) is 6. The van der Waals surface area contributed by atoms with Crippen LogP contribution in [0.3, 0.4) is 0 Å². The second kappa shape index (κ2) is 8.50. The van der Waals surface area contributed by atoms with Crippen molar-refractivity contribution in [2.45, 2.75) is 0 Å². The van der Waals surface area contributed by atoms with E-state index in [1.807, 2.05) is 0 Å². The Hall–Kier alpha value is -3.83. The van der Waals surface area contributed by atoms with Gasteiger partial charge in [0.15, 0.2) is 0 Å². The normalized spacial score (nSPS) is 11.5. The van der Waals surface area contributed by atoms with Crippen LogP contribution >= 0.6 is 11.6 Å². The van der Waals surface area contributed by atoms with E-state index >= 15 is 0 Å². The number of aromatic nitrogens is 2. The predicted octanol–water partition coefficient (Wildman–Crippen LogP) is 3.58. The minimum Gasteiger partial charge on any atom is -0.455 e. The quantitative estimate of drug-likeness (QED) is 0.413. The number of halogens is 2. The number of carbonyl (C=O) groups is 1. The fourth-order valence-electron chi connectivity index (χ4n) is 3.47. The van der Waals surface area contributed by atoms with Crippen molar-refractivity contribution in [2.75, 3.05) is 11.6 Å². The average molecular weight is 505 g/mol. The molecule has 9 nitrogen and oxygen atoms in total. The molecule has 176 valence electrons. The number of primary amides is 1. The molecular formula is C22H18ClFN4O5S. The van der Waals surface area contributed by atoms with Crippen molar-refractivity contribution in [1.82, 2.24) is 8.54 Å². The van der Waals surface area contributed by atoms with E-state index in [9.17, 15) is 22.4 Å². The fraction of sp³-hybridized carbons (Fsp3) is 0.0909. The Morgan fingerprint density at radius 3 is 2.53 bits per heavy atom. The van der Waals surface area contributed by atoms with Crippen LogP contribution < -0.4 is 21.3 Å². The van der Waals surface area contributed by atoms with Gasteiger partial charge in [0.05, 0.1) is 17.5 Å². The number of amides is 1. The van der Waals surface area contributed by atoms with E-state index in [1.165, 1.54) is 31.4 Å². The molecule has 34 heavy (non-hydrogen) atoms. The molecule has 0 atom stereocenters. The summed E-state index contributed by atoms with van der Waals surface area (Å²) in [4.78, 5) is 25.1. The molecule has 0 aliphatic rings. The molecule has 2 heterocycles. The zero-order valence-corrected chi connectivity index (χ0v) is 19.4. The Kier molecular flexibility index (Phi) is 5.84. The Morgan fingerprint density at radius 1 is 1.15 bits per heavy atom. The van der Waals surface area contributed by atoms with Crippen molar-refractivity contribution in [3.8, 4) is 11.5 Å². The zero-order chi connectivity index (χ0) is 24.8. The van der Waals surface area contributed by atoms with Crippen molar-refractivity contribution >= 4 is 49.9 Å². The van der Waals surface area contributed by atoms with E-state index < -0.39 is 27.3 Å². The van der Waals surface area contributed by atoms with Gasteiger partial charge in [-0.25, -0.2) is 16.8 Å². The van der Waals surface area contributed by atoms with E-state index in [2.05, 4.69) is 5.32 Å². The number of hydrogen-bond donors (Lipinski definition) is 2. The summed E-state index contributed by atoms with van der Waals surface area (Å²) < 4.78 is 46.5. The number of ether oxygens (including phenoxy) is 1. The molecule has 0 aliphatic heterocycles. The van der Waals surface area contributed by atoms with Crippen LogP contribution in [0.4, 0.5) is 15.9 Å². The van der Waals surface area contributed by atoms with Gasteiger partial charge in [-0.2, -0.15) is 0 Å². The van der Waals surface area contributed by atoms with Gasteiger partial charge in [0, 0.05) is 29.7 Å². The topological polar surface area (TPSA) is 125 Å². The Bertz CT molecular complexity index is 1630. The molecule has 12 heteroatoms. The predicted molar refractivity (Wildman–Crippen MR) is 127 cm³/mol. The number of benzene rings is 2. The van der Waals surface area contributed by atoms with Gasteiger partial charge in [-0.15, -0.1) is 0 Å². The van der Waals surface area contributed by atoms with Crippen molar-refractivity contribution < 1.29 is 22.3 Å². The van der Waals surface area contributed by atoms with E-state index in [0.717, 1.165) is 26.9 Å². The van der Waals surface area contributed by atoms with Crippen LogP contribution in [0.2, 0.25) is 5.02 Å². The molecule has 0 saturated carbocycles. The second-order valence-corrected chi connectivity index (χ2v) is 9.70. The largest absolute Gasteiger partial charge is 0.455 e. The lowest BCUT2D eigenvalue weighted by atomic mass is 10.2. The summed E-state index contributed by atoms with van der Waals surface area (Å²) in [6.45, 7) is 0. The van der Waals surface area contributed by atoms with E-state index in [-0.39, 0.29) is 33.6 Å². The van der Waals surface area contributed by atoms with Crippen LogP contribution in [0, 0.1) is 5.82 Å². The first-order valence-electron chi connectivity index (χ1n) is 9.71. The van der Waals surface area contributed by atoms with Crippen molar-refractivity contribution in [3.05, 3.63) is 81.5 Å². The van der Waals surface area contributed by atoms with Gasteiger partial charge in [0.25, 0.3) is 11.5 Å². The van der Waals surface area contributed by atoms with Gasteiger partial charge < -0.3 is 15.8 Å². The lowest BCUT2D eigenvalue weighted by Crippen LogP contribution is -2.25. The highest BCUT2D eigenvalue weighted by atomic mass is 35.5. The van der Waals surface area contributed by atoms with Gasteiger partial charge in [-0.3, -0.25) is 14.2 Å². The summed E-state index contributed by atoms with van der Waals surface area (Å²) in [6.07, 6.45) is 2.42. The molecule has 2 aromatic carbocycles. The molecule has 0 bridgehead atoms. The highest BCUT2D eigenvalue weighted by Gasteiger charge is 2.23. The smallest absolute Gasteiger partial charge is 0.256 e. The molecule has 1 amide bonds. The third kappa shape index (κ3) is 4.22. The number of nitrogens with one attached hydrogen (secondary N) is 1. The molecule has 0 aliphatic carbocycles. The van der Waals surface area contributed by atoms with Crippen LogP contribution in [-0.2, 0) is 17.1 Å². The summed E-state index contributed by atoms with van der Waals surface area (Å²) in [7, 11) is -2.20. The van der Waals surface area contributed by atoms with Crippen LogP contribution in [0.5, 0.6) is 11.5 Å². The molecule has 0 radical (unpaired) electrons. The summed E-state index contributed by atoms with van der Waals surface area (Å²) in [5.74, 6) is -1.76. The van der Waals surface area contributed by atoms with Crippen molar-refractivity contribution in [3.63, 3.8) is 0 Å². The van der Waals surface area contributed by atoms with Gasteiger partial charge in [-0.1, -0.05) is 17.7 Å². The maximum Gasteiger partial charge on any atom is 0.256 e. The molecule has 0 unspecified atom stereocenters. The Morgan fingerprint density at radius 2 is 1.88 bits per heavy atom. The summed E-state index contributed by atoms with van der Waals surface area (Å²) in [5, 5.41) is 3.29. The molecular weight excluding hydrogens is 487 g/mol. The summed E-state index contributed by atoms with van der Waals surface area (Å²) in [6, 6.07) is 11.1. The Labute approximate surface area is 198 Å². The SMILES string of the molecule is Cn1c(Nc2ccc(Cl)cc2F)c(C(N)=O)c(Oc2cccc3c2ccn3S(C)(=O)=O)cc1=O. The molecule has 0 saturated heterocycles. The molecule has 3 N–H and O–H groups in total. The maximum absolute atomic E-state index is 14.4. The summed E-state index contributed by atoms with van der Waals surface area (Å²) >= 11 is 5.79. The van der Waals surface area contributed by atoms with E-state index in [1.54, 1.807) is 18.2 Å². The molecule has 2 aromatic heterocycles. The maximum atomic E-state index is 14.4. The zero-order valence-electron chi connectivity index (χ0n) is 17.9. The standard InChI is InChI=1S/C22H18ClFN4O5S/c1-27-19(29)11-18(20(21(25)30)22(27)26-15-7-6-12(23)10-14(15)24)33-17-5-3-4-16-13(17)8-9-28(16)34(2,31)32/h3-11,26H,1-2H3,(H2,25,30). The molecule has 4 rings (SSSR count). The number of carbonyl (C=O) groups excluding carboxylic acids is 1. The lowest BCUT2D eigenvalue weighted by molar-refractivity contribution is 0.0998. The van der Waals surface area contributed by atoms with Crippen molar-refractivity contribution in [2.24, 2.45) is 12.8 Å². The fourth-order valence-corrected chi connectivity index (χ4v) is 4.43. The number of pyridine rings is 1. The van der Waals surface area contributed by atoms with Gasteiger partial charge in [0.1, 0.15) is 28.7 Å². The monoisotopic (exact) mass is 504 g/mol. The first kappa shape index (κ1) is 23.3. The van der Waals surface area contributed by atoms with Gasteiger partial charge in [0.2, 0.25) is 10.0 Å². The molecule has 0 fully saturated rings. The first-order valence-corrected chi connectivity index (χ1v) is 11.9. The van der Waals surface area contributed by atoms with Crippen LogP contribution in [0.15, 0.2) is 59.5 Å². The van der Waals surface area contributed by atoms with Gasteiger partial charge >= 0.3 is 0 Å². The Balaban J connectivity index is 1.87. The van der Waals surface area contributed by atoms with Crippen LogP contribution in [0.1, 0.15) is 10.4 Å². The van der Waals surface area contributed by atoms with E-state index in [4.69, 9.17) is 22.1 Å². The highest BCUT2D eigenvalue weighted by molar-refractivity contribution is 7.89. The minimum atomic E-state index is -3.58. The minimum absolute atomic E-state index is 0.0496. The van der Waals surface area contributed by atoms with Crippen LogP contribution in [-0.4, -0.2) is 29.1 Å². The number of rotatable bonds is 6. The number of nitrogens with two attached hydrogens (primary N) is 1. The number of anilines is 2. The third-order valence-corrected chi connectivity index (χ3v) is 6.34. The van der Waals surface area contributed by atoms with Crippen molar-refractivity contribution in [1.29, 1.82) is 0 Å². The van der Waals surface area contributed by atoms with Crippen LogP contribution in [0.25, 0.3) is 10.9 Å². The number of nitrogens with zero attached hydrogens (tertiary/aromatic N) is 2. The highest BCUT2D eigenvalue weighted by Crippen LogP contribution is 2.35. The van der Waals surface area contributed by atoms with E-state index in [0.29, 0.717) is 10.9 Å². The molecule has 0 spiro atoms.